The highest BCUT2D eigenvalue weighted by Crippen LogP contribution is 2.47. The highest BCUT2D eigenvalue weighted by molar-refractivity contribution is 7.91. The first kappa shape index (κ1) is 27.3. The molecule has 2 fully saturated rings. The van der Waals surface area contributed by atoms with E-state index in [1.807, 2.05) is 12.1 Å². The molecule has 1 aliphatic carbocycles. The molecule has 0 spiro atoms. The summed E-state index contributed by atoms with van der Waals surface area (Å²) in [4.78, 5) is 15.2. The van der Waals surface area contributed by atoms with Crippen LogP contribution in [-0.4, -0.2) is 43.4 Å². The summed E-state index contributed by atoms with van der Waals surface area (Å²) in [7, 11) is -3.19. The number of rotatable bonds is 12. The Balaban J connectivity index is 1.49. The van der Waals surface area contributed by atoms with Crippen LogP contribution in [-0.2, 0) is 16.4 Å². The molecule has 198 valence electrons. The van der Waals surface area contributed by atoms with Crippen LogP contribution in [0, 0.1) is 5.92 Å². The number of hydrogen-bond acceptors (Lipinski definition) is 5. The molecule has 6 nitrogen and oxygen atoms in total. The molecule has 4 rings (SSSR count). The molecule has 2 aromatic rings. The molecule has 0 N–H and O–H groups in total. The van der Waals surface area contributed by atoms with Crippen LogP contribution in [0.3, 0.4) is 0 Å². The first-order valence-corrected chi connectivity index (χ1v) is 15.5. The van der Waals surface area contributed by atoms with Gasteiger partial charge in [0.25, 0.3) is 5.91 Å². The van der Waals surface area contributed by atoms with Crippen LogP contribution in [0.15, 0.2) is 28.7 Å². The number of unbranched alkanes of at least 4 members (excludes halogenated alkanes) is 4. The SMILES string of the molecule is CCCCCCCOc1c(Cl)cc(C(=O)N(Cc2ccc(C3CC3C)o2)C2CCS(=O)(=O)C2)cc1Cl. The summed E-state index contributed by atoms with van der Waals surface area (Å²) in [6.07, 6.45) is 7.02. The molecule has 0 radical (unpaired) electrons. The van der Waals surface area contributed by atoms with Gasteiger partial charge in [0.05, 0.1) is 34.7 Å². The molecule has 1 aromatic carbocycles. The van der Waals surface area contributed by atoms with Crippen LogP contribution >= 0.6 is 23.2 Å². The van der Waals surface area contributed by atoms with E-state index in [0.717, 1.165) is 25.0 Å². The maximum atomic E-state index is 13.7. The van der Waals surface area contributed by atoms with Crippen molar-refractivity contribution >= 4 is 38.9 Å². The highest BCUT2D eigenvalue weighted by Gasteiger charge is 2.38. The summed E-state index contributed by atoms with van der Waals surface area (Å²) >= 11 is 13.0. The zero-order valence-electron chi connectivity index (χ0n) is 21.0. The van der Waals surface area contributed by atoms with E-state index in [4.69, 9.17) is 32.4 Å². The van der Waals surface area contributed by atoms with E-state index >= 15 is 0 Å². The molecule has 36 heavy (non-hydrogen) atoms. The van der Waals surface area contributed by atoms with Crippen molar-refractivity contribution in [2.45, 2.75) is 77.3 Å². The van der Waals surface area contributed by atoms with Gasteiger partial charge in [0.1, 0.15) is 11.5 Å². The van der Waals surface area contributed by atoms with Gasteiger partial charge in [0.15, 0.2) is 15.6 Å². The van der Waals surface area contributed by atoms with E-state index < -0.39 is 15.9 Å². The standard InChI is InChI=1S/C27H35Cl2NO5S/c1-3-4-5-6-7-11-34-26-23(28)14-19(15-24(26)29)27(31)30(20-10-12-36(32,33)17-20)16-21-8-9-25(35-21)22-13-18(22)2/h8-9,14-15,18,20,22H,3-7,10-13,16-17H2,1-2H3. The molecular weight excluding hydrogens is 521 g/mol. The molecule has 1 aromatic heterocycles. The molecule has 2 heterocycles. The van der Waals surface area contributed by atoms with Crippen LogP contribution in [0.1, 0.15) is 86.6 Å². The van der Waals surface area contributed by atoms with Gasteiger partial charge in [0, 0.05) is 17.5 Å². The number of carbonyl (C=O) groups excluding carboxylic acids is 1. The van der Waals surface area contributed by atoms with E-state index in [2.05, 4.69) is 13.8 Å². The lowest BCUT2D eigenvalue weighted by molar-refractivity contribution is 0.0665. The van der Waals surface area contributed by atoms with E-state index in [0.29, 0.717) is 41.9 Å². The zero-order valence-corrected chi connectivity index (χ0v) is 23.3. The molecule has 9 heteroatoms. The Morgan fingerprint density at radius 2 is 1.83 bits per heavy atom. The number of furan rings is 1. The monoisotopic (exact) mass is 555 g/mol. The summed E-state index contributed by atoms with van der Waals surface area (Å²) in [6, 6.07) is 6.50. The highest BCUT2D eigenvalue weighted by atomic mass is 35.5. The minimum absolute atomic E-state index is 0.0628. The van der Waals surface area contributed by atoms with Crippen molar-refractivity contribution in [3.63, 3.8) is 0 Å². The third kappa shape index (κ3) is 6.78. The van der Waals surface area contributed by atoms with E-state index in [9.17, 15) is 13.2 Å². The topological polar surface area (TPSA) is 76.8 Å². The fraction of sp³-hybridized carbons (Fsp3) is 0.593. The smallest absolute Gasteiger partial charge is 0.254 e. The molecule has 1 saturated carbocycles. The Bertz CT molecular complexity index is 1160. The lowest BCUT2D eigenvalue weighted by atomic mass is 10.1. The predicted molar refractivity (Wildman–Crippen MR) is 143 cm³/mol. The fourth-order valence-electron chi connectivity index (χ4n) is 4.82. The number of halogens is 2. The summed E-state index contributed by atoms with van der Waals surface area (Å²) < 4.78 is 36.3. The number of sulfone groups is 1. The molecule has 3 atom stereocenters. The maximum absolute atomic E-state index is 13.7. The van der Waals surface area contributed by atoms with Crippen molar-refractivity contribution in [2.24, 2.45) is 5.92 Å². The number of ether oxygens (including phenoxy) is 1. The summed E-state index contributed by atoms with van der Waals surface area (Å²) in [5, 5.41) is 0.530. The van der Waals surface area contributed by atoms with Gasteiger partial charge < -0.3 is 14.1 Å². The molecule has 2 aliphatic rings. The number of nitrogens with zero attached hydrogens (tertiary/aromatic N) is 1. The van der Waals surface area contributed by atoms with Crippen molar-refractivity contribution in [1.29, 1.82) is 0 Å². The number of benzene rings is 1. The van der Waals surface area contributed by atoms with Gasteiger partial charge >= 0.3 is 0 Å². The Morgan fingerprint density at radius 1 is 1.14 bits per heavy atom. The van der Waals surface area contributed by atoms with Gasteiger partial charge in [-0.05, 0) is 49.4 Å². The number of hydrogen-bond donors (Lipinski definition) is 0. The van der Waals surface area contributed by atoms with Crippen molar-refractivity contribution in [2.75, 3.05) is 18.1 Å². The Kier molecular flexibility index (Phi) is 8.95. The average Bonchev–Trinajstić information content (AvgIpc) is 3.21. The van der Waals surface area contributed by atoms with Crippen LogP contribution < -0.4 is 4.74 Å². The van der Waals surface area contributed by atoms with E-state index in [1.165, 1.54) is 19.3 Å². The predicted octanol–water partition coefficient (Wildman–Crippen LogP) is 6.89. The third-order valence-electron chi connectivity index (χ3n) is 7.13. The summed E-state index contributed by atoms with van der Waals surface area (Å²) in [6.45, 7) is 5.04. The van der Waals surface area contributed by atoms with Crippen LogP contribution in [0.5, 0.6) is 5.75 Å². The maximum Gasteiger partial charge on any atom is 0.254 e. The molecule has 0 bridgehead atoms. The Morgan fingerprint density at radius 3 is 2.44 bits per heavy atom. The number of carbonyl (C=O) groups is 1. The second kappa shape index (κ2) is 11.8. The van der Waals surface area contributed by atoms with Crippen LogP contribution in [0.2, 0.25) is 10.0 Å². The van der Waals surface area contributed by atoms with Gasteiger partial charge in [0.2, 0.25) is 0 Å². The molecule has 1 amide bonds. The third-order valence-corrected chi connectivity index (χ3v) is 9.44. The van der Waals surface area contributed by atoms with Gasteiger partial charge in [-0.3, -0.25) is 4.79 Å². The van der Waals surface area contributed by atoms with Crippen molar-refractivity contribution in [3.05, 3.63) is 51.4 Å². The second-order valence-electron chi connectivity index (χ2n) is 10.1. The summed E-state index contributed by atoms with van der Waals surface area (Å²) in [5.41, 5.74) is 0.298. The quantitative estimate of drug-likeness (QED) is 0.266. The van der Waals surface area contributed by atoms with Gasteiger partial charge in [-0.1, -0.05) is 62.7 Å². The second-order valence-corrected chi connectivity index (χ2v) is 13.2. The van der Waals surface area contributed by atoms with Crippen molar-refractivity contribution in [3.8, 4) is 5.75 Å². The summed E-state index contributed by atoms with van der Waals surface area (Å²) in [5.74, 6) is 2.63. The van der Waals surface area contributed by atoms with Crippen molar-refractivity contribution in [1.82, 2.24) is 4.90 Å². The lowest BCUT2D eigenvalue weighted by Gasteiger charge is -2.28. The Labute approximate surface area is 224 Å². The zero-order chi connectivity index (χ0) is 25.9. The van der Waals surface area contributed by atoms with Crippen LogP contribution in [0.4, 0.5) is 0 Å². The molecule has 1 saturated heterocycles. The largest absolute Gasteiger partial charge is 0.490 e. The van der Waals surface area contributed by atoms with Gasteiger partial charge in [-0.25, -0.2) is 8.42 Å². The minimum atomic E-state index is -3.19. The fourth-order valence-corrected chi connectivity index (χ4v) is 7.15. The molecular formula is C27H35Cl2NO5S. The molecule has 1 aliphatic heterocycles. The lowest BCUT2D eigenvalue weighted by Crippen LogP contribution is -2.40. The molecule has 3 unspecified atom stereocenters. The van der Waals surface area contributed by atoms with E-state index in [1.54, 1.807) is 17.0 Å². The van der Waals surface area contributed by atoms with Gasteiger partial charge in [-0.15, -0.1) is 0 Å². The Hall–Kier alpha value is -1.70. The van der Waals surface area contributed by atoms with Crippen molar-refractivity contribution < 1.29 is 22.4 Å². The first-order chi connectivity index (χ1) is 17.2. The van der Waals surface area contributed by atoms with Crippen LogP contribution in [0.25, 0.3) is 0 Å². The normalized spacial score (nSPS) is 22.5. The van der Waals surface area contributed by atoms with Gasteiger partial charge in [-0.2, -0.15) is 0 Å². The average molecular weight is 557 g/mol. The minimum Gasteiger partial charge on any atom is -0.490 e. The first-order valence-electron chi connectivity index (χ1n) is 12.9. The number of amides is 1. The van der Waals surface area contributed by atoms with E-state index in [-0.39, 0.29) is 34.0 Å².